The van der Waals surface area contributed by atoms with Crippen LogP contribution in [0.3, 0.4) is 0 Å². The van der Waals surface area contributed by atoms with E-state index in [4.69, 9.17) is 5.11 Å². The number of aryl methyl sites for hydroxylation is 1. The second-order valence-electron chi connectivity index (χ2n) is 4.42. The van der Waals surface area contributed by atoms with E-state index >= 15 is 0 Å². The molecule has 2 N–H and O–H groups in total. The summed E-state index contributed by atoms with van der Waals surface area (Å²) in [6.07, 6.45) is 0. The summed E-state index contributed by atoms with van der Waals surface area (Å²) >= 11 is 0. The topological polar surface area (TPSA) is 105 Å². The van der Waals surface area contributed by atoms with Gasteiger partial charge >= 0.3 is 5.97 Å². The van der Waals surface area contributed by atoms with Crippen LogP contribution in [0.15, 0.2) is 36.4 Å². The predicted octanol–water partition coefficient (Wildman–Crippen LogP) is 2.61. The zero-order chi connectivity index (χ0) is 15.4. The maximum Gasteiger partial charge on any atom is 0.337 e. The molecule has 0 amide bonds. The maximum absolute atomic E-state index is 10.9. The minimum absolute atomic E-state index is 0.0275. The second-order valence-corrected chi connectivity index (χ2v) is 4.42. The third-order valence-corrected chi connectivity index (χ3v) is 2.91. The molecule has 0 saturated carbocycles. The lowest BCUT2D eigenvalue weighted by Crippen LogP contribution is -2.06. The quantitative estimate of drug-likeness (QED) is 0.646. The summed E-state index contributed by atoms with van der Waals surface area (Å²) in [5.74, 6) is -0.505. The Morgan fingerprint density at radius 2 is 2.14 bits per heavy atom. The van der Waals surface area contributed by atoms with Gasteiger partial charge in [0.2, 0.25) is 0 Å². The molecule has 1 aromatic heterocycles. The minimum atomic E-state index is -1.02. The Hall–Kier alpha value is -2.96. The molecule has 1 heterocycles. The highest BCUT2D eigenvalue weighted by Crippen LogP contribution is 2.15. The van der Waals surface area contributed by atoms with Crippen LogP contribution in [-0.4, -0.2) is 21.0 Å². The van der Waals surface area contributed by atoms with Crippen molar-refractivity contribution in [2.45, 2.75) is 13.5 Å². The van der Waals surface area contributed by atoms with Crippen molar-refractivity contribution in [3.05, 3.63) is 63.3 Å². The molecule has 0 aliphatic carbocycles. The van der Waals surface area contributed by atoms with Gasteiger partial charge in [0.1, 0.15) is 5.82 Å². The number of carbonyl (C=O) groups is 1. The fourth-order valence-corrected chi connectivity index (χ4v) is 1.86. The molecule has 21 heavy (non-hydrogen) atoms. The number of nitro benzene ring substituents is 1. The number of benzene rings is 1. The molecule has 0 unspecified atom stereocenters. The number of nitrogens with zero attached hydrogens (tertiary/aromatic N) is 2. The summed E-state index contributed by atoms with van der Waals surface area (Å²) in [6.45, 7) is 1.97. The number of nitro groups is 1. The first kappa shape index (κ1) is 14.4. The van der Waals surface area contributed by atoms with Crippen LogP contribution in [0, 0.1) is 17.0 Å². The summed E-state index contributed by atoms with van der Waals surface area (Å²) in [5.41, 5.74) is 1.33. The summed E-state index contributed by atoms with van der Waals surface area (Å²) in [5, 5.41) is 22.6. The molecule has 0 bridgehead atoms. The number of aromatic carboxylic acids is 1. The van der Waals surface area contributed by atoms with Crippen molar-refractivity contribution in [3.63, 3.8) is 0 Å². The van der Waals surface area contributed by atoms with E-state index in [0.717, 1.165) is 5.56 Å². The molecule has 1 aromatic carbocycles. The van der Waals surface area contributed by atoms with E-state index in [1.165, 1.54) is 18.2 Å². The SMILES string of the molecule is Cc1nc(NCc2cccc([N+](=O)[O-])c2)ccc1C(=O)O. The van der Waals surface area contributed by atoms with Crippen molar-refractivity contribution < 1.29 is 14.8 Å². The number of hydrogen-bond acceptors (Lipinski definition) is 5. The highest BCUT2D eigenvalue weighted by Gasteiger charge is 2.09. The van der Waals surface area contributed by atoms with Gasteiger partial charge in [-0.3, -0.25) is 10.1 Å². The van der Waals surface area contributed by atoms with Crippen LogP contribution < -0.4 is 5.32 Å². The summed E-state index contributed by atoms with van der Waals surface area (Å²) < 4.78 is 0. The molecule has 2 aromatic rings. The molecule has 108 valence electrons. The zero-order valence-corrected chi connectivity index (χ0v) is 11.2. The van der Waals surface area contributed by atoms with Gasteiger partial charge in [0.15, 0.2) is 0 Å². The molecule has 0 fully saturated rings. The number of non-ortho nitro benzene ring substituents is 1. The van der Waals surface area contributed by atoms with Crippen molar-refractivity contribution in [3.8, 4) is 0 Å². The molecule has 2 rings (SSSR count). The number of hydrogen-bond donors (Lipinski definition) is 2. The molecule has 0 saturated heterocycles. The number of nitrogens with one attached hydrogen (secondary N) is 1. The van der Waals surface area contributed by atoms with Gasteiger partial charge in [-0.25, -0.2) is 9.78 Å². The van der Waals surface area contributed by atoms with Crippen molar-refractivity contribution in [1.82, 2.24) is 4.98 Å². The molecule has 0 spiro atoms. The van der Waals surface area contributed by atoms with Gasteiger partial charge in [-0.2, -0.15) is 0 Å². The molecule has 0 aliphatic rings. The Kier molecular flexibility index (Phi) is 4.13. The highest BCUT2D eigenvalue weighted by molar-refractivity contribution is 5.89. The van der Waals surface area contributed by atoms with E-state index in [-0.39, 0.29) is 11.3 Å². The summed E-state index contributed by atoms with van der Waals surface area (Å²) in [7, 11) is 0. The van der Waals surface area contributed by atoms with Crippen molar-refractivity contribution >= 4 is 17.5 Å². The van der Waals surface area contributed by atoms with Gasteiger partial charge in [0.25, 0.3) is 5.69 Å². The molecule has 7 heteroatoms. The average molecular weight is 287 g/mol. The van der Waals surface area contributed by atoms with Gasteiger partial charge in [-0.15, -0.1) is 0 Å². The van der Waals surface area contributed by atoms with Crippen LogP contribution >= 0.6 is 0 Å². The average Bonchev–Trinajstić information content (AvgIpc) is 2.45. The Bertz CT molecular complexity index is 700. The van der Waals surface area contributed by atoms with E-state index in [2.05, 4.69) is 10.3 Å². The zero-order valence-electron chi connectivity index (χ0n) is 11.2. The first-order valence-corrected chi connectivity index (χ1v) is 6.15. The third-order valence-electron chi connectivity index (χ3n) is 2.91. The van der Waals surface area contributed by atoms with Crippen LogP contribution in [0.5, 0.6) is 0 Å². The number of aromatic nitrogens is 1. The molecule has 0 radical (unpaired) electrons. The van der Waals surface area contributed by atoms with E-state index in [9.17, 15) is 14.9 Å². The molecular weight excluding hydrogens is 274 g/mol. The van der Waals surface area contributed by atoms with E-state index in [0.29, 0.717) is 18.1 Å². The number of carboxylic acids is 1. The number of rotatable bonds is 5. The van der Waals surface area contributed by atoms with E-state index in [1.54, 1.807) is 25.1 Å². The Morgan fingerprint density at radius 3 is 2.76 bits per heavy atom. The molecular formula is C14H13N3O4. The number of anilines is 1. The summed E-state index contributed by atoms with van der Waals surface area (Å²) in [4.78, 5) is 25.3. The fourth-order valence-electron chi connectivity index (χ4n) is 1.86. The largest absolute Gasteiger partial charge is 0.478 e. The summed E-state index contributed by atoms with van der Waals surface area (Å²) in [6, 6.07) is 9.31. The monoisotopic (exact) mass is 287 g/mol. The first-order valence-electron chi connectivity index (χ1n) is 6.15. The fraction of sp³-hybridized carbons (Fsp3) is 0.143. The van der Waals surface area contributed by atoms with Crippen molar-refractivity contribution in [1.29, 1.82) is 0 Å². The smallest absolute Gasteiger partial charge is 0.337 e. The van der Waals surface area contributed by atoms with Gasteiger partial charge < -0.3 is 10.4 Å². The van der Waals surface area contributed by atoms with Gasteiger partial charge in [0.05, 0.1) is 16.2 Å². The van der Waals surface area contributed by atoms with E-state index < -0.39 is 10.9 Å². The van der Waals surface area contributed by atoms with Crippen LogP contribution in [-0.2, 0) is 6.54 Å². The lowest BCUT2D eigenvalue weighted by atomic mass is 10.2. The Morgan fingerprint density at radius 1 is 1.38 bits per heavy atom. The lowest BCUT2D eigenvalue weighted by molar-refractivity contribution is -0.384. The van der Waals surface area contributed by atoms with Crippen molar-refractivity contribution in [2.75, 3.05) is 5.32 Å². The maximum atomic E-state index is 10.9. The number of carboxylic acid groups (broad SMARTS) is 1. The van der Waals surface area contributed by atoms with Gasteiger partial charge in [0, 0.05) is 18.7 Å². The van der Waals surface area contributed by atoms with E-state index in [1.807, 2.05) is 0 Å². The van der Waals surface area contributed by atoms with Gasteiger partial charge in [-0.1, -0.05) is 12.1 Å². The normalized spacial score (nSPS) is 10.1. The van der Waals surface area contributed by atoms with Crippen LogP contribution in [0.1, 0.15) is 21.6 Å². The van der Waals surface area contributed by atoms with Crippen LogP contribution in [0.25, 0.3) is 0 Å². The minimum Gasteiger partial charge on any atom is -0.478 e. The molecule has 0 atom stereocenters. The van der Waals surface area contributed by atoms with Gasteiger partial charge in [-0.05, 0) is 24.6 Å². The van der Waals surface area contributed by atoms with Crippen LogP contribution in [0.4, 0.5) is 11.5 Å². The second kappa shape index (κ2) is 6.00. The number of pyridine rings is 1. The first-order chi connectivity index (χ1) is 9.97. The Labute approximate surface area is 120 Å². The lowest BCUT2D eigenvalue weighted by Gasteiger charge is -2.08. The standard InChI is InChI=1S/C14H13N3O4/c1-9-12(14(18)19)5-6-13(16-9)15-8-10-3-2-4-11(7-10)17(20)21/h2-7H,8H2,1H3,(H,15,16)(H,18,19). The molecule has 0 aliphatic heterocycles. The van der Waals surface area contributed by atoms with Crippen molar-refractivity contribution in [2.24, 2.45) is 0 Å². The predicted molar refractivity (Wildman–Crippen MR) is 76.4 cm³/mol. The third kappa shape index (κ3) is 3.53. The Balaban J connectivity index is 2.10. The molecule has 7 nitrogen and oxygen atoms in total. The van der Waals surface area contributed by atoms with Crippen LogP contribution in [0.2, 0.25) is 0 Å². The highest BCUT2D eigenvalue weighted by atomic mass is 16.6.